The minimum Gasteiger partial charge on any atom is -0.396 e. The van der Waals surface area contributed by atoms with Crippen molar-refractivity contribution in [2.24, 2.45) is 0 Å². The highest BCUT2D eigenvalue weighted by atomic mass is 16.6. The van der Waals surface area contributed by atoms with Crippen LogP contribution in [0.25, 0.3) is 22.3 Å². The second kappa shape index (κ2) is 11.8. The molecule has 1 aliphatic heterocycles. The smallest absolute Gasteiger partial charge is 0.104 e. The predicted molar refractivity (Wildman–Crippen MR) is 167 cm³/mol. The molecule has 42 heavy (non-hydrogen) atoms. The molecule has 1 unspecified atom stereocenters. The molecule has 4 heteroatoms. The van der Waals surface area contributed by atoms with Crippen LogP contribution in [0.15, 0.2) is 97.1 Å². The highest BCUT2D eigenvalue weighted by molar-refractivity contribution is 5.82. The van der Waals surface area contributed by atoms with Gasteiger partial charge < -0.3 is 19.3 Å². The van der Waals surface area contributed by atoms with Crippen molar-refractivity contribution in [3.8, 4) is 22.3 Å². The summed E-state index contributed by atoms with van der Waals surface area (Å²) in [6.45, 7) is 3.49. The van der Waals surface area contributed by atoms with Crippen LogP contribution >= 0.6 is 0 Å². The number of aliphatic hydroxyl groups is 1. The third-order valence-electron chi connectivity index (χ3n) is 9.66. The second-order valence-electron chi connectivity index (χ2n) is 12.2. The Labute approximate surface area is 249 Å². The van der Waals surface area contributed by atoms with Gasteiger partial charge in [-0.15, -0.1) is 0 Å². The second-order valence-corrected chi connectivity index (χ2v) is 12.2. The Bertz CT molecular complexity index is 1450. The van der Waals surface area contributed by atoms with Crippen LogP contribution in [0, 0.1) is 0 Å². The number of hydrogen-bond donors (Lipinski definition) is 1. The SMILES string of the molecule is OCCCOCC1(CCCCC2(COCC3CO3)c3ccccc3-c3ccccc32)c2ccccc2-c2ccccc21. The van der Waals surface area contributed by atoms with Gasteiger partial charge in [0.05, 0.1) is 26.4 Å². The number of fused-ring (bicyclic) bond motifs is 6. The van der Waals surface area contributed by atoms with Crippen LogP contribution in [-0.2, 0) is 25.0 Å². The van der Waals surface area contributed by atoms with Gasteiger partial charge in [0.1, 0.15) is 6.10 Å². The molecule has 1 N–H and O–H groups in total. The number of unbranched alkanes of at least 4 members (excludes halogenated alkanes) is 1. The molecule has 3 aliphatic rings. The molecular weight excluding hydrogens is 520 g/mol. The first-order valence-corrected chi connectivity index (χ1v) is 15.5. The van der Waals surface area contributed by atoms with E-state index >= 15 is 0 Å². The first kappa shape index (κ1) is 27.5. The highest BCUT2D eigenvalue weighted by Crippen LogP contribution is 2.54. The van der Waals surface area contributed by atoms with Gasteiger partial charge in [0, 0.05) is 24.0 Å². The quantitative estimate of drug-likeness (QED) is 0.130. The molecule has 1 heterocycles. The topological polar surface area (TPSA) is 51.2 Å². The van der Waals surface area contributed by atoms with E-state index in [-0.39, 0.29) is 23.5 Å². The summed E-state index contributed by atoms with van der Waals surface area (Å²) >= 11 is 0. The summed E-state index contributed by atoms with van der Waals surface area (Å²) in [4.78, 5) is 0. The van der Waals surface area contributed by atoms with Gasteiger partial charge in [0.15, 0.2) is 0 Å². The van der Waals surface area contributed by atoms with Crippen molar-refractivity contribution in [1.29, 1.82) is 0 Å². The minimum atomic E-state index is -0.193. The first-order valence-electron chi connectivity index (χ1n) is 15.5. The largest absolute Gasteiger partial charge is 0.396 e. The van der Waals surface area contributed by atoms with Crippen molar-refractivity contribution in [2.45, 2.75) is 49.0 Å². The molecule has 2 aliphatic carbocycles. The molecule has 216 valence electrons. The maximum atomic E-state index is 9.38. The number of benzene rings is 4. The monoisotopic (exact) mass is 560 g/mol. The number of aliphatic hydroxyl groups excluding tert-OH is 1. The van der Waals surface area contributed by atoms with E-state index in [4.69, 9.17) is 14.2 Å². The van der Waals surface area contributed by atoms with Crippen LogP contribution in [0.4, 0.5) is 0 Å². The molecule has 0 amide bonds. The maximum Gasteiger partial charge on any atom is 0.104 e. The summed E-state index contributed by atoms with van der Waals surface area (Å²) in [5.41, 5.74) is 10.5. The van der Waals surface area contributed by atoms with E-state index in [2.05, 4.69) is 97.1 Å². The summed E-state index contributed by atoms with van der Waals surface area (Å²) in [6, 6.07) is 35.5. The van der Waals surface area contributed by atoms with Crippen molar-refractivity contribution in [3.63, 3.8) is 0 Å². The molecular formula is C38H40O4. The van der Waals surface area contributed by atoms with Gasteiger partial charge in [0.25, 0.3) is 0 Å². The normalized spacial score (nSPS) is 18.3. The molecule has 1 fully saturated rings. The molecule has 4 aromatic rings. The van der Waals surface area contributed by atoms with Crippen LogP contribution in [0.3, 0.4) is 0 Å². The number of epoxide rings is 1. The van der Waals surface area contributed by atoms with Crippen molar-refractivity contribution in [2.75, 3.05) is 39.6 Å². The Balaban J connectivity index is 1.17. The van der Waals surface area contributed by atoms with Crippen LogP contribution in [-0.4, -0.2) is 50.9 Å². The molecule has 1 saturated heterocycles. The lowest BCUT2D eigenvalue weighted by Crippen LogP contribution is -2.33. The number of hydrogen-bond acceptors (Lipinski definition) is 4. The van der Waals surface area contributed by atoms with Gasteiger partial charge in [-0.05, 0) is 63.8 Å². The molecule has 0 radical (unpaired) electrons. The molecule has 1 atom stereocenters. The summed E-state index contributed by atoms with van der Waals surface area (Å²) < 4.78 is 18.2. The molecule has 0 aromatic heterocycles. The van der Waals surface area contributed by atoms with E-state index in [0.29, 0.717) is 32.8 Å². The zero-order valence-electron chi connectivity index (χ0n) is 24.3. The van der Waals surface area contributed by atoms with E-state index < -0.39 is 0 Å². The van der Waals surface area contributed by atoms with E-state index in [1.807, 2.05) is 0 Å². The lowest BCUT2D eigenvalue weighted by atomic mass is 9.72. The molecule has 4 nitrogen and oxygen atoms in total. The fraction of sp³-hybridized carbons (Fsp3) is 0.368. The van der Waals surface area contributed by atoms with Gasteiger partial charge in [-0.2, -0.15) is 0 Å². The minimum absolute atomic E-state index is 0.153. The fourth-order valence-corrected chi connectivity index (χ4v) is 7.62. The predicted octanol–water partition coefficient (Wildman–Crippen LogP) is 7.29. The Morgan fingerprint density at radius 2 is 1.00 bits per heavy atom. The fourth-order valence-electron chi connectivity index (χ4n) is 7.62. The molecule has 7 rings (SSSR count). The van der Waals surface area contributed by atoms with Gasteiger partial charge >= 0.3 is 0 Å². The van der Waals surface area contributed by atoms with E-state index in [1.165, 1.54) is 44.5 Å². The van der Waals surface area contributed by atoms with Gasteiger partial charge in [-0.3, -0.25) is 0 Å². The zero-order valence-corrected chi connectivity index (χ0v) is 24.3. The lowest BCUT2D eigenvalue weighted by molar-refractivity contribution is 0.0761. The Morgan fingerprint density at radius 3 is 1.40 bits per heavy atom. The van der Waals surface area contributed by atoms with Gasteiger partial charge in [-0.25, -0.2) is 0 Å². The molecule has 0 saturated carbocycles. The van der Waals surface area contributed by atoms with Crippen LogP contribution in [0.5, 0.6) is 0 Å². The standard InChI is InChI=1S/C38H40O4/c39-22-11-23-40-26-37(33-16-5-1-12-29(33)30-13-2-6-17-34(30)37)20-9-10-21-38(27-41-24-28-25-42-28)35-18-7-3-14-31(35)32-15-4-8-19-36(32)38/h1-8,12-19,28,39H,9-11,20-27H2. The summed E-state index contributed by atoms with van der Waals surface area (Å²) in [5, 5.41) is 9.38. The van der Waals surface area contributed by atoms with Gasteiger partial charge in [0.2, 0.25) is 0 Å². The zero-order chi connectivity index (χ0) is 28.4. The van der Waals surface area contributed by atoms with Crippen molar-refractivity contribution < 1.29 is 19.3 Å². The Kier molecular flexibility index (Phi) is 7.72. The Morgan fingerprint density at radius 1 is 0.595 bits per heavy atom. The maximum absolute atomic E-state index is 9.38. The van der Waals surface area contributed by atoms with Crippen molar-refractivity contribution >= 4 is 0 Å². The lowest BCUT2D eigenvalue weighted by Gasteiger charge is -2.34. The third kappa shape index (κ3) is 4.81. The van der Waals surface area contributed by atoms with E-state index in [9.17, 15) is 5.11 Å². The van der Waals surface area contributed by atoms with Crippen LogP contribution in [0.1, 0.15) is 54.4 Å². The van der Waals surface area contributed by atoms with Gasteiger partial charge in [-0.1, -0.05) is 110 Å². The van der Waals surface area contributed by atoms with E-state index in [1.54, 1.807) is 0 Å². The summed E-state index contributed by atoms with van der Waals surface area (Å²) in [5.74, 6) is 0. The number of ether oxygens (including phenoxy) is 3. The molecule has 0 spiro atoms. The average Bonchev–Trinajstić information content (AvgIpc) is 3.78. The van der Waals surface area contributed by atoms with Crippen LogP contribution < -0.4 is 0 Å². The molecule has 4 aromatic carbocycles. The summed E-state index contributed by atoms with van der Waals surface area (Å²) in [6.07, 6.45) is 5.10. The highest BCUT2D eigenvalue weighted by Gasteiger charge is 2.45. The van der Waals surface area contributed by atoms with Crippen molar-refractivity contribution in [3.05, 3.63) is 119 Å². The van der Waals surface area contributed by atoms with E-state index in [0.717, 1.165) is 32.3 Å². The Hall–Kier alpha value is -3.28. The molecule has 0 bridgehead atoms. The summed E-state index contributed by atoms with van der Waals surface area (Å²) in [7, 11) is 0. The van der Waals surface area contributed by atoms with Crippen LogP contribution in [0.2, 0.25) is 0 Å². The average molecular weight is 561 g/mol. The first-order chi connectivity index (χ1) is 20.8. The van der Waals surface area contributed by atoms with Crippen molar-refractivity contribution in [1.82, 2.24) is 0 Å². The third-order valence-corrected chi connectivity index (χ3v) is 9.66. The number of rotatable bonds is 14.